The van der Waals surface area contributed by atoms with Gasteiger partial charge in [-0.05, 0) is 73.9 Å². The molecule has 214 valence electrons. The molecule has 0 unspecified atom stereocenters. The van der Waals surface area contributed by atoms with Gasteiger partial charge in [-0.2, -0.15) is 0 Å². The molecule has 3 aromatic rings. The fourth-order valence-electron chi connectivity index (χ4n) is 4.31. The third kappa shape index (κ3) is 6.90. The van der Waals surface area contributed by atoms with Gasteiger partial charge in [0.2, 0.25) is 11.8 Å². The summed E-state index contributed by atoms with van der Waals surface area (Å²) in [5, 5.41) is 2.52. The van der Waals surface area contributed by atoms with Gasteiger partial charge in [-0.1, -0.05) is 18.2 Å². The van der Waals surface area contributed by atoms with E-state index in [0.29, 0.717) is 11.3 Å². The Kier molecular flexibility index (Phi) is 9.75. The number of carbonyl (C=O) groups excluding carboxylic acids is 2. The van der Waals surface area contributed by atoms with Gasteiger partial charge in [0.25, 0.3) is 10.0 Å². The predicted molar refractivity (Wildman–Crippen MR) is 150 cm³/mol. The number of nitrogens with zero attached hydrogens (tertiary/aromatic N) is 2. The molecule has 9 nitrogen and oxygen atoms in total. The van der Waals surface area contributed by atoms with E-state index in [-0.39, 0.29) is 22.9 Å². The van der Waals surface area contributed by atoms with Crippen LogP contribution in [0.25, 0.3) is 0 Å². The number of halogens is 1. The highest BCUT2D eigenvalue weighted by atomic mass is 32.2. The number of hydrogen-bond donors (Lipinski definition) is 1. The van der Waals surface area contributed by atoms with E-state index in [2.05, 4.69) is 5.32 Å². The molecule has 0 aliphatic carbocycles. The number of carbonyl (C=O) groups is 2. The van der Waals surface area contributed by atoms with Crippen molar-refractivity contribution in [2.75, 3.05) is 32.1 Å². The number of aryl methyl sites for hydroxylation is 2. The average molecular weight is 572 g/mol. The monoisotopic (exact) mass is 571 g/mol. The Hall–Kier alpha value is -4.12. The summed E-state index contributed by atoms with van der Waals surface area (Å²) in [5.41, 5.74) is 2.47. The highest BCUT2D eigenvalue weighted by Crippen LogP contribution is 2.33. The summed E-state index contributed by atoms with van der Waals surface area (Å²) in [4.78, 5) is 27.6. The van der Waals surface area contributed by atoms with Crippen LogP contribution in [0.4, 0.5) is 10.1 Å². The smallest absolute Gasteiger partial charge is 0.264 e. The molecule has 3 aromatic carbocycles. The van der Waals surface area contributed by atoms with E-state index in [0.717, 1.165) is 15.4 Å². The average Bonchev–Trinajstić information content (AvgIpc) is 2.93. The number of amides is 2. The minimum Gasteiger partial charge on any atom is -0.493 e. The number of likely N-dealkylation sites (N-methyl/N-ethyl adjacent to an activating group) is 1. The van der Waals surface area contributed by atoms with E-state index in [1.54, 1.807) is 19.1 Å². The summed E-state index contributed by atoms with van der Waals surface area (Å²) in [5.74, 6) is -0.940. The first-order chi connectivity index (χ1) is 18.9. The van der Waals surface area contributed by atoms with E-state index in [1.807, 2.05) is 19.9 Å². The lowest BCUT2D eigenvalue weighted by atomic mass is 10.1. The lowest BCUT2D eigenvalue weighted by Crippen LogP contribution is -2.50. The highest BCUT2D eigenvalue weighted by molar-refractivity contribution is 7.92. The van der Waals surface area contributed by atoms with Crippen molar-refractivity contribution >= 4 is 27.5 Å². The third-order valence-corrected chi connectivity index (χ3v) is 8.17. The van der Waals surface area contributed by atoms with Crippen molar-refractivity contribution < 1.29 is 31.9 Å². The molecule has 0 heterocycles. The molecule has 1 atom stereocenters. The molecule has 1 N–H and O–H groups in total. The maximum Gasteiger partial charge on any atom is 0.264 e. The molecular formula is C29H34FN3O6S. The maximum atomic E-state index is 14.1. The van der Waals surface area contributed by atoms with Crippen molar-refractivity contribution in [3.8, 4) is 11.5 Å². The molecule has 0 aliphatic heterocycles. The molecule has 0 aromatic heterocycles. The van der Waals surface area contributed by atoms with Crippen LogP contribution in [0, 0.1) is 19.7 Å². The van der Waals surface area contributed by atoms with Crippen LogP contribution in [0.1, 0.15) is 23.6 Å². The van der Waals surface area contributed by atoms with Gasteiger partial charge in [-0.3, -0.25) is 13.9 Å². The Labute approximate surface area is 234 Å². The van der Waals surface area contributed by atoms with Gasteiger partial charge in [0, 0.05) is 19.7 Å². The standard InChI is InChI=1S/C29H34FN3O6S/c1-19-13-20(2)15-24(14-19)33(40(36,37)25-11-12-26(38-5)27(16-25)39-6)18-28(34)32(21(3)29(35)31-4)17-22-7-9-23(30)10-8-22/h7-16,21H,17-18H2,1-6H3,(H,31,35)/t21-/m0/s1. The number of sulfonamides is 1. The normalized spacial score (nSPS) is 11.9. The van der Waals surface area contributed by atoms with Crippen LogP contribution in [0.15, 0.2) is 65.6 Å². The minimum absolute atomic E-state index is 0.0369. The molecule has 0 fully saturated rings. The zero-order chi connectivity index (χ0) is 29.6. The molecule has 11 heteroatoms. The summed E-state index contributed by atoms with van der Waals surface area (Å²) in [6.07, 6.45) is 0. The van der Waals surface area contributed by atoms with Crippen molar-refractivity contribution in [2.45, 2.75) is 38.3 Å². The summed E-state index contributed by atoms with van der Waals surface area (Å²) in [6.45, 7) is 4.57. The summed E-state index contributed by atoms with van der Waals surface area (Å²) in [6, 6.07) is 14.0. The number of anilines is 1. The van der Waals surface area contributed by atoms with E-state index in [1.165, 1.54) is 68.6 Å². The first-order valence-electron chi connectivity index (χ1n) is 12.5. The Morgan fingerprint density at radius 3 is 2.08 bits per heavy atom. The predicted octanol–water partition coefficient (Wildman–Crippen LogP) is 3.82. The molecule has 0 saturated heterocycles. The lowest BCUT2D eigenvalue weighted by molar-refractivity contribution is -0.139. The second-order valence-electron chi connectivity index (χ2n) is 9.31. The van der Waals surface area contributed by atoms with Crippen LogP contribution in [0.5, 0.6) is 11.5 Å². The number of methoxy groups -OCH3 is 2. The van der Waals surface area contributed by atoms with Gasteiger partial charge >= 0.3 is 0 Å². The molecule has 0 spiro atoms. The quantitative estimate of drug-likeness (QED) is 0.375. The number of benzene rings is 3. The number of nitrogens with one attached hydrogen (secondary N) is 1. The van der Waals surface area contributed by atoms with Gasteiger partial charge in [0.1, 0.15) is 18.4 Å². The van der Waals surface area contributed by atoms with Gasteiger partial charge in [-0.25, -0.2) is 12.8 Å². The number of ether oxygens (including phenoxy) is 2. The first kappa shape index (κ1) is 30.4. The van der Waals surface area contributed by atoms with Crippen molar-refractivity contribution in [1.29, 1.82) is 0 Å². The fourth-order valence-corrected chi connectivity index (χ4v) is 5.72. The van der Waals surface area contributed by atoms with Gasteiger partial charge in [0.15, 0.2) is 11.5 Å². The minimum atomic E-state index is -4.30. The van der Waals surface area contributed by atoms with Crippen LogP contribution < -0.4 is 19.1 Å². The lowest BCUT2D eigenvalue weighted by Gasteiger charge is -2.32. The van der Waals surface area contributed by atoms with Crippen LogP contribution in [0.3, 0.4) is 0 Å². The zero-order valence-electron chi connectivity index (χ0n) is 23.4. The topological polar surface area (TPSA) is 105 Å². The van der Waals surface area contributed by atoms with Crippen LogP contribution >= 0.6 is 0 Å². The third-order valence-electron chi connectivity index (χ3n) is 6.40. The maximum absolute atomic E-state index is 14.1. The second kappa shape index (κ2) is 12.8. The van der Waals surface area contributed by atoms with Crippen LogP contribution in [-0.4, -0.2) is 59.0 Å². The number of hydrogen-bond acceptors (Lipinski definition) is 6. The van der Waals surface area contributed by atoms with Crippen LogP contribution in [-0.2, 0) is 26.2 Å². The molecule has 3 rings (SSSR count). The molecular weight excluding hydrogens is 537 g/mol. The molecule has 0 bridgehead atoms. The number of rotatable bonds is 11. The van der Waals surface area contributed by atoms with E-state index in [9.17, 15) is 22.4 Å². The second-order valence-corrected chi connectivity index (χ2v) is 11.2. The van der Waals surface area contributed by atoms with Crippen molar-refractivity contribution in [2.24, 2.45) is 0 Å². The fraction of sp³-hybridized carbons (Fsp3) is 0.310. The van der Waals surface area contributed by atoms with Gasteiger partial charge in [0.05, 0.1) is 24.8 Å². The van der Waals surface area contributed by atoms with Crippen molar-refractivity contribution in [1.82, 2.24) is 10.2 Å². The van der Waals surface area contributed by atoms with E-state index < -0.39 is 40.2 Å². The summed E-state index contributed by atoms with van der Waals surface area (Å²) < 4.78 is 53.2. The summed E-state index contributed by atoms with van der Waals surface area (Å²) in [7, 11) is -0.0204. The SMILES string of the molecule is CNC(=O)[C@H](C)N(Cc1ccc(F)cc1)C(=O)CN(c1cc(C)cc(C)c1)S(=O)(=O)c1ccc(OC)c(OC)c1. The Morgan fingerprint density at radius 1 is 0.925 bits per heavy atom. The Balaban J connectivity index is 2.10. The molecule has 40 heavy (non-hydrogen) atoms. The largest absolute Gasteiger partial charge is 0.493 e. The van der Waals surface area contributed by atoms with Gasteiger partial charge < -0.3 is 19.7 Å². The molecule has 2 amide bonds. The molecule has 0 saturated carbocycles. The summed E-state index contributed by atoms with van der Waals surface area (Å²) >= 11 is 0. The van der Waals surface area contributed by atoms with E-state index in [4.69, 9.17) is 9.47 Å². The molecule has 0 radical (unpaired) electrons. The van der Waals surface area contributed by atoms with Crippen LogP contribution in [0.2, 0.25) is 0 Å². The first-order valence-corrected chi connectivity index (χ1v) is 13.9. The van der Waals surface area contributed by atoms with E-state index >= 15 is 0 Å². The van der Waals surface area contributed by atoms with Gasteiger partial charge in [-0.15, -0.1) is 0 Å². The van der Waals surface area contributed by atoms with Crippen molar-refractivity contribution in [3.05, 3.63) is 83.2 Å². The van der Waals surface area contributed by atoms with Crippen molar-refractivity contribution in [3.63, 3.8) is 0 Å². The Morgan fingerprint density at radius 2 is 1.52 bits per heavy atom. The Bertz CT molecular complexity index is 1460. The zero-order valence-corrected chi connectivity index (χ0v) is 24.2. The molecule has 0 aliphatic rings. The highest BCUT2D eigenvalue weighted by Gasteiger charge is 2.33.